The molecule has 23 heavy (non-hydrogen) atoms. The Hall–Kier alpha value is -1.50. The van der Waals surface area contributed by atoms with Crippen LogP contribution in [-0.2, 0) is 4.79 Å². The molecule has 0 saturated heterocycles. The molecule has 0 saturated carbocycles. The SMILES string of the molecule is CC(=O)C1=C(c2ccc(C)cc2)NC(=S)N[C@H]1c1cc(Br)cs1. The Kier molecular flexibility index (Phi) is 4.66. The largest absolute Gasteiger partial charge is 0.350 e. The van der Waals surface area contributed by atoms with E-state index in [2.05, 4.69) is 26.6 Å². The lowest BCUT2D eigenvalue weighted by atomic mass is 9.94. The molecular weight excluding hydrogens is 392 g/mol. The number of hydrogen-bond donors (Lipinski definition) is 2. The molecule has 0 amide bonds. The van der Waals surface area contributed by atoms with Crippen molar-refractivity contribution >= 4 is 56.1 Å². The summed E-state index contributed by atoms with van der Waals surface area (Å²) >= 11 is 10.4. The van der Waals surface area contributed by atoms with E-state index in [-0.39, 0.29) is 11.8 Å². The van der Waals surface area contributed by atoms with Crippen molar-refractivity contribution in [1.82, 2.24) is 10.6 Å². The van der Waals surface area contributed by atoms with Gasteiger partial charge in [0.2, 0.25) is 0 Å². The van der Waals surface area contributed by atoms with Crippen molar-refractivity contribution in [2.45, 2.75) is 19.9 Å². The zero-order chi connectivity index (χ0) is 16.6. The number of benzene rings is 1. The number of carbonyl (C=O) groups is 1. The van der Waals surface area contributed by atoms with Gasteiger partial charge in [-0.1, -0.05) is 29.8 Å². The van der Waals surface area contributed by atoms with Gasteiger partial charge in [-0.05, 0) is 53.6 Å². The molecule has 1 aromatic heterocycles. The van der Waals surface area contributed by atoms with Crippen molar-refractivity contribution in [3.05, 3.63) is 61.8 Å². The maximum Gasteiger partial charge on any atom is 0.171 e. The standard InChI is InChI=1S/C17H15BrN2OS2/c1-9-3-5-11(6-4-9)15-14(10(2)21)16(20-17(22)19-15)13-7-12(18)8-23-13/h3-8,16H,1-2H3,(H2,19,20,22)/t16-/m0/s1. The number of halogens is 1. The van der Waals surface area contributed by atoms with Gasteiger partial charge in [0.05, 0.1) is 11.7 Å². The molecule has 0 unspecified atom stereocenters. The van der Waals surface area contributed by atoms with Crippen LogP contribution >= 0.6 is 39.5 Å². The zero-order valence-electron chi connectivity index (χ0n) is 12.6. The molecule has 6 heteroatoms. The molecule has 3 rings (SSSR count). The maximum atomic E-state index is 12.4. The number of rotatable bonds is 3. The molecule has 1 aliphatic heterocycles. The Morgan fingerprint density at radius 3 is 2.57 bits per heavy atom. The van der Waals surface area contributed by atoms with Gasteiger partial charge in [-0.3, -0.25) is 4.79 Å². The third-order valence-corrected chi connectivity index (χ3v) is 5.64. The number of ketones is 1. The summed E-state index contributed by atoms with van der Waals surface area (Å²) in [6.07, 6.45) is 0. The minimum Gasteiger partial charge on any atom is -0.350 e. The van der Waals surface area contributed by atoms with Gasteiger partial charge in [0.1, 0.15) is 0 Å². The smallest absolute Gasteiger partial charge is 0.171 e. The number of thiophene rings is 1. The van der Waals surface area contributed by atoms with Crippen LogP contribution < -0.4 is 10.6 Å². The van der Waals surface area contributed by atoms with Gasteiger partial charge >= 0.3 is 0 Å². The highest BCUT2D eigenvalue weighted by Crippen LogP contribution is 2.35. The summed E-state index contributed by atoms with van der Waals surface area (Å²) in [5.74, 6) is 0.0256. The van der Waals surface area contributed by atoms with Crippen LogP contribution in [0.1, 0.15) is 29.0 Å². The first-order chi connectivity index (χ1) is 11.0. The van der Waals surface area contributed by atoms with Crippen LogP contribution in [0.15, 0.2) is 45.8 Å². The summed E-state index contributed by atoms with van der Waals surface area (Å²) in [6.45, 7) is 3.63. The average molecular weight is 407 g/mol. The van der Waals surface area contributed by atoms with Crippen LogP contribution in [0.25, 0.3) is 5.70 Å². The molecule has 118 valence electrons. The van der Waals surface area contributed by atoms with Crippen LogP contribution in [0.5, 0.6) is 0 Å². The molecule has 0 bridgehead atoms. The van der Waals surface area contributed by atoms with Crippen LogP contribution in [0.4, 0.5) is 0 Å². The van der Waals surface area contributed by atoms with Gasteiger partial charge in [-0.15, -0.1) is 11.3 Å². The second-order valence-corrected chi connectivity index (χ2v) is 7.68. The van der Waals surface area contributed by atoms with Crippen molar-refractivity contribution < 1.29 is 4.79 Å². The average Bonchev–Trinajstić information content (AvgIpc) is 2.93. The van der Waals surface area contributed by atoms with Crippen LogP contribution in [0.2, 0.25) is 0 Å². The maximum absolute atomic E-state index is 12.4. The number of thiocarbonyl (C=S) groups is 1. The first kappa shape index (κ1) is 16.4. The minimum absolute atomic E-state index is 0.0256. The van der Waals surface area contributed by atoms with E-state index >= 15 is 0 Å². The molecule has 2 N–H and O–H groups in total. The van der Waals surface area contributed by atoms with E-state index in [0.29, 0.717) is 10.7 Å². The quantitative estimate of drug-likeness (QED) is 0.743. The van der Waals surface area contributed by atoms with Gasteiger partial charge in [0.15, 0.2) is 10.9 Å². The first-order valence-corrected chi connectivity index (χ1v) is 9.17. The highest BCUT2D eigenvalue weighted by atomic mass is 79.9. The summed E-state index contributed by atoms with van der Waals surface area (Å²) in [4.78, 5) is 13.4. The number of aryl methyl sites for hydroxylation is 1. The summed E-state index contributed by atoms with van der Waals surface area (Å²) in [5.41, 5.74) is 3.63. The Morgan fingerprint density at radius 1 is 1.30 bits per heavy atom. The minimum atomic E-state index is -0.228. The highest BCUT2D eigenvalue weighted by molar-refractivity contribution is 9.10. The van der Waals surface area contributed by atoms with E-state index < -0.39 is 0 Å². The van der Waals surface area contributed by atoms with Gasteiger partial charge in [-0.2, -0.15) is 0 Å². The van der Waals surface area contributed by atoms with Gasteiger partial charge in [0.25, 0.3) is 0 Å². The lowest BCUT2D eigenvalue weighted by Crippen LogP contribution is -2.44. The van der Waals surface area contributed by atoms with Crippen molar-refractivity contribution in [1.29, 1.82) is 0 Å². The molecule has 1 aromatic carbocycles. The molecule has 0 radical (unpaired) electrons. The molecular formula is C17H15BrN2OS2. The van der Waals surface area contributed by atoms with Crippen molar-refractivity contribution in [2.75, 3.05) is 0 Å². The summed E-state index contributed by atoms with van der Waals surface area (Å²) in [6, 6.07) is 9.87. The third-order valence-electron chi connectivity index (χ3n) is 3.66. The lowest BCUT2D eigenvalue weighted by Gasteiger charge is -2.30. The van der Waals surface area contributed by atoms with Crippen molar-refractivity contribution in [3.8, 4) is 0 Å². The Balaban J connectivity index is 2.16. The second kappa shape index (κ2) is 6.55. The fourth-order valence-corrected chi connectivity index (χ4v) is 4.31. The predicted octanol–water partition coefficient (Wildman–Crippen LogP) is 4.34. The first-order valence-electron chi connectivity index (χ1n) is 7.09. The number of carbonyl (C=O) groups excluding carboxylic acids is 1. The second-order valence-electron chi connectivity index (χ2n) is 5.41. The third kappa shape index (κ3) is 3.39. The number of hydrogen-bond acceptors (Lipinski definition) is 3. The van der Waals surface area contributed by atoms with Gasteiger partial charge in [0, 0.05) is 20.3 Å². The van der Waals surface area contributed by atoms with Crippen LogP contribution in [0, 0.1) is 6.92 Å². The van der Waals surface area contributed by atoms with E-state index in [4.69, 9.17) is 12.2 Å². The van der Waals surface area contributed by atoms with Crippen molar-refractivity contribution in [3.63, 3.8) is 0 Å². The van der Waals surface area contributed by atoms with E-state index in [9.17, 15) is 4.79 Å². The van der Waals surface area contributed by atoms with E-state index in [0.717, 1.165) is 20.6 Å². The topological polar surface area (TPSA) is 41.1 Å². The van der Waals surface area contributed by atoms with Crippen LogP contribution in [-0.4, -0.2) is 10.9 Å². The van der Waals surface area contributed by atoms with Crippen molar-refractivity contribution in [2.24, 2.45) is 0 Å². The molecule has 2 aromatic rings. The monoisotopic (exact) mass is 406 g/mol. The lowest BCUT2D eigenvalue weighted by molar-refractivity contribution is -0.113. The molecule has 0 fully saturated rings. The fraction of sp³-hybridized carbons (Fsp3) is 0.176. The molecule has 0 aliphatic carbocycles. The highest BCUT2D eigenvalue weighted by Gasteiger charge is 2.30. The molecule has 1 atom stereocenters. The molecule has 2 heterocycles. The molecule has 1 aliphatic rings. The normalized spacial score (nSPS) is 17.7. The molecule has 3 nitrogen and oxygen atoms in total. The Labute approximate surface area is 152 Å². The van der Waals surface area contributed by atoms with E-state index in [1.165, 1.54) is 5.56 Å². The molecule has 0 spiro atoms. The van der Waals surface area contributed by atoms with Crippen LogP contribution in [0.3, 0.4) is 0 Å². The summed E-state index contributed by atoms with van der Waals surface area (Å²) in [7, 11) is 0. The van der Waals surface area contributed by atoms with E-state index in [1.807, 2.05) is 42.6 Å². The number of nitrogens with one attached hydrogen (secondary N) is 2. The van der Waals surface area contributed by atoms with E-state index in [1.54, 1.807) is 18.3 Å². The van der Waals surface area contributed by atoms with Gasteiger partial charge < -0.3 is 10.6 Å². The zero-order valence-corrected chi connectivity index (χ0v) is 15.9. The Bertz CT molecular complexity index is 808. The fourth-order valence-electron chi connectivity index (χ4n) is 2.58. The Morgan fingerprint density at radius 2 is 2.00 bits per heavy atom. The number of Topliss-reactive ketones (excluding diaryl/α,β-unsaturated/α-hetero) is 1. The summed E-state index contributed by atoms with van der Waals surface area (Å²) in [5, 5.41) is 8.92. The summed E-state index contributed by atoms with van der Waals surface area (Å²) < 4.78 is 1.00. The predicted molar refractivity (Wildman–Crippen MR) is 102 cm³/mol. The van der Waals surface area contributed by atoms with Gasteiger partial charge in [-0.25, -0.2) is 0 Å².